The molecule has 6 heteroatoms. The normalized spacial score (nSPS) is 21.6. The molecule has 6 nitrogen and oxygen atoms in total. The maximum Gasteiger partial charge on any atom is 0.191 e. The van der Waals surface area contributed by atoms with Crippen LogP contribution in [0.2, 0.25) is 0 Å². The lowest BCUT2D eigenvalue weighted by molar-refractivity contribution is 0.0354. The van der Waals surface area contributed by atoms with Gasteiger partial charge in [0.05, 0.1) is 0 Å². The van der Waals surface area contributed by atoms with Crippen molar-refractivity contribution in [2.45, 2.75) is 50.7 Å². The van der Waals surface area contributed by atoms with Gasteiger partial charge in [-0.3, -0.25) is 4.99 Å². The fourth-order valence-corrected chi connectivity index (χ4v) is 4.93. The monoisotopic (exact) mass is 449 g/mol. The van der Waals surface area contributed by atoms with Crippen LogP contribution in [-0.4, -0.2) is 57.4 Å². The molecule has 2 unspecified atom stereocenters. The first-order chi connectivity index (χ1) is 16.1. The molecule has 0 saturated carbocycles. The number of guanidine groups is 1. The van der Waals surface area contributed by atoms with E-state index in [4.69, 9.17) is 4.74 Å². The molecule has 0 amide bonds. The highest BCUT2D eigenvalue weighted by Gasteiger charge is 2.34. The summed E-state index contributed by atoms with van der Waals surface area (Å²) in [6.45, 7) is 8.84. The Labute approximate surface area is 198 Å². The lowest BCUT2D eigenvalue weighted by atomic mass is 9.88. The van der Waals surface area contributed by atoms with Gasteiger partial charge >= 0.3 is 0 Å². The van der Waals surface area contributed by atoms with Crippen molar-refractivity contribution in [1.29, 1.82) is 0 Å². The molecule has 2 aliphatic rings. The summed E-state index contributed by atoms with van der Waals surface area (Å²) in [5, 5.41) is 11.2. The lowest BCUT2D eigenvalue weighted by Crippen LogP contribution is -2.59. The molecule has 0 radical (unpaired) electrons. The van der Waals surface area contributed by atoms with Crippen LogP contribution in [0, 0.1) is 6.92 Å². The average molecular weight is 450 g/mol. The minimum absolute atomic E-state index is 0.0191. The molecule has 33 heavy (non-hydrogen) atoms. The number of hydrogen-bond acceptors (Lipinski definition) is 4. The van der Waals surface area contributed by atoms with Crippen LogP contribution in [0.25, 0.3) is 0 Å². The third-order valence-corrected chi connectivity index (χ3v) is 7.02. The van der Waals surface area contributed by atoms with E-state index in [2.05, 4.69) is 94.3 Å². The smallest absolute Gasteiger partial charge is 0.191 e. The van der Waals surface area contributed by atoms with Gasteiger partial charge in [-0.25, -0.2) is 0 Å². The molecule has 178 valence electrons. The summed E-state index contributed by atoms with van der Waals surface area (Å²) in [6.07, 6.45) is 3.08. The number of nitrogens with one attached hydrogen (secondary N) is 3. The molecule has 4 rings (SSSR count). The highest BCUT2D eigenvalue weighted by Crippen LogP contribution is 2.25. The number of nitrogens with zero attached hydrogens (tertiary/aromatic N) is 2. The summed E-state index contributed by atoms with van der Waals surface area (Å²) in [5.41, 5.74) is 3.89. The number of hydrogen-bond donors (Lipinski definition) is 3. The second-order valence-electron chi connectivity index (χ2n) is 9.51. The molecule has 2 atom stereocenters. The fraction of sp³-hybridized carbons (Fsp3) is 0.519. The van der Waals surface area contributed by atoms with Gasteiger partial charge in [0.2, 0.25) is 0 Å². The first-order valence-corrected chi connectivity index (χ1v) is 12.3. The third-order valence-electron chi connectivity index (χ3n) is 7.02. The van der Waals surface area contributed by atoms with E-state index < -0.39 is 0 Å². The largest absolute Gasteiger partial charge is 0.381 e. The molecule has 2 heterocycles. The van der Waals surface area contributed by atoms with E-state index in [9.17, 15) is 0 Å². The highest BCUT2D eigenvalue weighted by molar-refractivity contribution is 5.80. The Morgan fingerprint density at radius 2 is 1.85 bits per heavy atom. The van der Waals surface area contributed by atoms with Gasteiger partial charge < -0.3 is 25.6 Å². The molecule has 2 saturated heterocycles. The average Bonchev–Trinajstić information content (AvgIpc) is 3.32. The van der Waals surface area contributed by atoms with E-state index in [1.807, 2.05) is 7.05 Å². The van der Waals surface area contributed by atoms with E-state index in [0.29, 0.717) is 6.04 Å². The van der Waals surface area contributed by atoms with Crippen LogP contribution in [0.1, 0.15) is 43.4 Å². The Bertz CT molecular complexity index is 892. The first kappa shape index (κ1) is 23.6. The SMILES string of the molecule is CN=C(NCC1(NC(C)c2ccccc2)CCOCC1)NC1CCN(c2ccc(C)cc2)C1. The van der Waals surface area contributed by atoms with Gasteiger partial charge in [0, 0.05) is 63.2 Å². The number of anilines is 1. The Morgan fingerprint density at radius 1 is 1.12 bits per heavy atom. The van der Waals surface area contributed by atoms with E-state index in [-0.39, 0.29) is 11.6 Å². The Hall–Kier alpha value is -2.57. The predicted octanol–water partition coefficient (Wildman–Crippen LogP) is 3.64. The fourth-order valence-electron chi connectivity index (χ4n) is 4.93. The van der Waals surface area contributed by atoms with Crippen LogP contribution in [0.4, 0.5) is 5.69 Å². The number of rotatable bonds is 7. The van der Waals surface area contributed by atoms with Crippen LogP contribution >= 0.6 is 0 Å². The summed E-state index contributed by atoms with van der Waals surface area (Å²) < 4.78 is 5.69. The Balaban J connectivity index is 1.33. The van der Waals surface area contributed by atoms with Crippen molar-refractivity contribution < 1.29 is 4.74 Å². The molecular formula is C27H39N5O. The molecule has 2 aromatic rings. The Morgan fingerprint density at radius 3 is 2.55 bits per heavy atom. The summed E-state index contributed by atoms with van der Waals surface area (Å²) in [5.74, 6) is 0.880. The minimum Gasteiger partial charge on any atom is -0.381 e. The number of aliphatic imine (C=N–C) groups is 1. The lowest BCUT2D eigenvalue weighted by Gasteiger charge is -2.41. The van der Waals surface area contributed by atoms with Crippen molar-refractivity contribution >= 4 is 11.6 Å². The summed E-state index contributed by atoms with van der Waals surface area (Å²) in [4.78, 5) is 6.98. The molecule has 0 aromatic heterocycles. The summed E-state index contributed by atoms with van der Waals surface area (Å²) in [7, 11) is 1.86. The van der Waals surface area contributed by atoms with Gasteiger partial charge in [-0.1, -0.05) is 48.0 Å². The minimum atomic E-state index is -0.0191. The van der Waals surface area contributed by atoms with Crippen LogP contribution < -0.4 is 20.9 Å². The quantitative estimate of drug-likeness (QED) is 0.445. The number of aryl methyl sites for hydroxylation is 1. The van der Waals surface area contributed by atoms with Gasteiger partial charge in [0.1, 0.15) is 0 Å². The van der Waals surface area contributed by atoms with Gasteiger partial charge in [-0.15, -0.1) is 0 Å². The first-order valence-electron chi connectivity index (χ1n) is 12.3. The molecule has 2 aliphatic heterocycles. The van der Waals surface area contributed by atoms with E-state index in [1.165, 1.54) is 16.8 Å². The van der Waals surface area contributed by atoms with Gasteiger partial charge in [-0.05, 0) is 50.8 Å². The zero-order chi connectivity index (χ0) is 23.1. The van der Waals surface area contributed by atoms with E-state index in [1.54, 1.807) is 0 Å². The molecule has 3 N–H and O–H groups in total. The van der Waals surface area contributed by atoms with E-state index >= 15 is 0 Å². The second kappa shape index (κ2) is 11.0. The van der Waals surface area contributed by atoms with E-state index in [0.717, 1.165) is 58.1 Å². The van der Waals surface area contributed by atoms with Crippen molar-refractivity contribution in [3.8, 4) is 0 Å². The molecule has 0 bridgehead atoms. The van der Waals surface area contributed by atoms with Crippen LogP contribution in [0.5, 0.6) is 0 Å². The second-order valence-corrected chi connectivity index (χ2v) is 9.51. The molecule has 2 fully saturated rings. The van der Waals surface area contributed by atoms with Gasteiger partial charge in [0.25, 0.3) is 0 Å². The highest BCUT2D eigenvalue weighted by atomic mass is 16.5. The van der Waals surface area contributed by atoms with Crippen molar-refractivity contribution in [3.63, 3.8) is 0 Å². The zero-order valence-electron chi connectivity index (χ0n) is 20.3. The molecular weight excluding hydrogens is 410 g/mol. The maximum absolute atomic E-state index is 5.69. The summed E-state index contributed by atoms with van der Waals surface area (Å²) >= 11 is 0. The van der Waals surface area contributed by atoms with Crippen molar-refractivity contribution in [2.75, 3.05) is 44.8 Å². The molecule has 2 aromatic carbocycles. The standard InChI is InChI=1S/C27H39N5O/c1-21-9-11-25(12-10-21)32-16-13-24(19-32)30-26(28-3)29-20-27(14-17-33-18-15-27)31-22(2)23-7-5-4-6-8-23/h4-12,22,24,31H,13-20H2,1-3H3,(H2,28,29,30). The van der Waals surface area contributed by atoms with Crippen molar-refractivity contribution in [3.05, 3.63) is 65.7 Å². The van der Waals surface area contributed by atoms with Crippen molar-refractivity contribution in [1.82, 2.24) is 16.0 Å². The number of ether oxygens (including phenoxy) is 1. The number of benzene rings is 2. The maximum atomic E-state index is 5.69. The van der Waals surface area contributed by atoms with Crippen molar-refractivity contribution in [2.24, 2.45) is 4.99 Å². The van der Waals surface area contributed by atoms with Gasteiger partial charge in [0.15, 0.2) is 5.96 Å². The van der Waals surface area contributed by atoms with Gasteiger partial charge in [-0.2, -0.15) is 0 Å². The molecule has 0 aliphatic carbocycles. The van der Waals surface area contributed by atoms with Crippen LogP contribution in [0.3, 0.4) is 0 Å². The predicted molar refractivity (Wildman–Crippen MR) is 137 cm³/mol. The molecule has 0 spiro atoms. The van der Waals surface area contributed by atoms with Crippen LogP contribution in [0.15, 0.2) is 59.6 Å². The Kier molecular flexibility index (Phi) is 7.89. The summed E-state index contributed by atoms with van der Waals surface area (Å²) in [6, 6.07) is 20.2. The zero-order valence-corrected chi connectivity index (χ0v) is 20.3. The third kappa shape index (κ3) is 6.27. The topological polar surface area (TPSA) is 60.9 Å². The van der Waals surface area contributed by atoms with Crippen LogP contribution in [-0.2, 0) is 4.74 Å².